The number of ether oxygens (including phenoxy) is 2. The van der Waals surface area contributed by atoms with Crippen LogP contribution in [0.25, 0.3) is 6.08 Å². The summed E-state index contributed by atoms with van der Waals surface area (Å²) in [5, 5.41) is 2.90. The van der Waals surface area contributed by atoms with Crippen LogP contribution in [0.3, 0.4) is 0 Å². The first kappa shape index (κ1) is 14.6. The lowest BCUT2D eigenvalue weighted by Crippen LogP contribution is -2.29. The average molecular weight is 300 g/mol. The van der Waals surface area contributed by atoms with E-state index in [4.69, 9.17) is 9.47 Å². The van der Waals surface area contributed by atoms with Gasteiger partial charge in [-0.2, -0.15) is 0 Å². The van der Waals surface area contributed by atoms with E-state index in [0.29, 0.717) is 23.1 Å². The predicted octanol–water partition coefficient (Wildman–Crippen LogP) is 2.76. The average Bonchev–Trinajstić information content (AvgIpc) is 3.18. The Morgan fingerprint density at radius 2 is 2.00 bits per heavy atom. The quantitative estimate of drug-likeness (QED) is 0.870. The van der Waals surface area contributed by atoms with Gasteiger partial charge in [0.15, 0.2) is 0 Å². The Labute approximate surface area is 130 Å². The molecule has 1 aromatic carbocycles. The van der Waals surface area contributed by atoms with Crippen molar-refractivity contribution in [3.05, 3.63) is 29.5 Å². The van der Waals surface area contributed by atoms with E-state index < -0.39 is 0 Å². The number of rotatable bonds is 4. The van der Waals surface area contributed by atoms with Crippen molar-refractivity contribution < 1.29 is 14.3 Å². The Hall–Kier alpha value is -2.30. The summed E-state index contributed by atoms with van der Waals surface area (Å²) in [6, 6.07) is 5.49. The molecule has 0 saturated heterocycles. The van der Waals surface area contributed by atoms with Crippen molar-refractivity contribution in [2.75, 3.05) is 14.2 Å². The molecule has 1 saturated carbocycles. The molecule has 2 aliphatic rings. The molecule has 22 heavy (non-hydrogen) atoms. The third-order valence-electron chi connectivity index (χ3n) is 4.19. The minimum atomic E-state index is -0.139. The number of carbonyl (C=O) groups is 1. The second-order valence-electron chi connectivity index (χ2n) is 5.57. The number of aliphatic imine (C=N–C) groups is 1. The van der Waals surface area contributed by atoms with Crippen molar-refractivity contribution in [3.8, 4) is 11.5 Å². The summed E-state index contributed by atoms with van der Waals surface area (Å²) in [5.74, 6) is 2.45. The van der Waals surface area contributed by atoms with Crippen molar-refractivity contribution in [1.29, 1.82) is 0 Å². The van der Waals surface area contributed by atoms with E-state index in [9.17, 15) is 4.79 Å². The third-order valence-corrected chi connectivity index (χ3v) is 4.19. The largest absolute Gasteiger partial charge is 0.497 e. The second-order valence-corrected chi connectivity index (χ2v) is 5.57. The third kappa shape index (κ3) is 2.84. The number of amides is 1. The maximum absolute atomic E-state index is 12.1. The van der Waals surface area contributed by atoms with E-state index in [0.717, 1.165) is 24.2 Å². The lowest BCUT2D eigenvalue weighted by atomic mass is 10.1. The molecule has 0 aromatic heterocycles. The molecule has 1 amide bonds. The van der Waals surface area contributed by atoms with Crippen LogP contribution in [0.15, 0.2) is 28.9 Å². The van der Waals surface area contributed by atoms with E-state index in [1.54, 1.807) is 26.4 Å². The molecule has 0 unspecified atom stereocenters. The van der Waals surface area contributed by atoms with E-state index in [-0.39, 0.29) is 5.91 Å². The van der Waals surface area contributed by atoms with E-state index in [1.165, 1.54) is 12.8 Å². The molecule has 1 aliphatic carbocycles. The number of benzene rings is 1. The molecule has 0 spiro atoms. The van der Waals surface area contributed by atoms with Crippen LogP contribution in [0.1, 0.15) is 31.2 Å². The number of amidine groups is 1. The highest BCUT2D eigenvalue weighted by molar-refractivity contribution is 6.15. The highest BCUT2D eigenvalue weighted by Crippen LogP contribution is 2.30. The molecule has 5 heteroatoms. The van der Waals surface area contributed by atoms with Gasteiger partial charge >= 0.3 is 0 Å². The molecule has 1 heterocycles. The summed E-state index contributed by atoms with van der Waals surface area (Å²) in [6.45, 7) is 0. The first-order valence-corrected chi connectivity index (χ1v) is 7.55. The zero-order valence-electron chi connectivity index (χ0n) is 12.9. The van der Waals surface area contributed by atoms with Gasteiger partial charge in [-0.15, -0.1) is 0 Å². The monoisotopic (exact) mass is 300 g/mol. The smallest absolute Gasteiger partial charge is 0.275 e. The van der Waals surface area contributed by atoms with Crippen LogP contribution < -0.4 is 14.8 Å². The summed E-state index contributed by atoms with van der Waals surface area (Å²) >= 11 is 0. The van der Waals surface area contributed by atoms with Gasteiger partial charge in [-0.25, -0.2) is 4.99 Å². The topological polar surface area (TPSA) is 59.9 Å². The van der Waals surface area contributed by atoms with Gasteiger partial charge in [-0.1, -0.05) is 12.8 Å². The zero-order chi connectivity index (χ0) is 15.5. The predicted molar refractivity (Wildman–Crippen MR) is 85.1 cm³/mol. The van der Waals surface area contributed by atoms with Gasteiger partial charge in [-0.05, 0) is 31.1 Å². The molecule has 0 bridgehead atoms. The summed E-state index contributed by atoms with van der Waals surface area (Å²) in [5.41, 5.74) is 1.25. The highest BCUT2D eigenvalue weighted by atomic mass is 16.5. The van der Waals surface area contributed by atoms with E-state index in [1.807, 2.05) is 12.1 Å². The number of hydrogen-bond acceptors (Lipinski definition) is 4. The Morgan fingerprint density at radius 3 is 2.68 bits per heavy atom. The molecule has 5 nitrogen and oxygen atoms in total. The number of carbonyl (C=O) groups excluding carboxylic acids is 1. The molecule has 1 N–H and O–H groups in total. The van der Waals surface area contributed by atoms with Crippen molar-refractivity contribution in [2.24, 2.45) is 10.9 Å². The van der Waals surface area contributed by atoms with Gasteiger partial charge in [0.2, 0.25) is 0 Å². The normalized spacial score (nSPS) is 20.2. The minimum Gasteiger partial charge on any atom is -0.497 e. The fourth-order valence-electron chi connectivity index (χ4n) is 2.96. The number of nitrogens with zero attached hydrogens (tertiary/aromatic N) is 1. The Bertz CT molecular complexity index is 643. The lowest BCUT2D eigenvalue weighted by Gasteiger charge is -2.07. The first-order chi connectivity index (χ1) is 10.7. The molecule has 1 aromatic rings. The SMILES string of the molecule is COc1ccc(/C=C2/N=C(C3CCCC3)NC2=O)c(OC)c1. The molecule has 0 radical (unpaired) electrons. The van der Waals surface area contributed by atoms with Crippen molar-refractivity contribution in [3.63, 3.8) is 0 Å². The zero-order valence-corrected chi connectivity index (χ0v) is 12.9. The molecular formula is C17H20N2O3. The Balaban J connectivity index is 1.89. The highest BCUT2D eigenvalue weighted by Gasteiger charge is 2.28. The molecule has 3 rings (SSSR count). The van der Waals surface area contributed by atoms with Gasteiger partial charge in [0, 0.05) is 17.5 Å². The van der Waals surface area contributed by atoms with Crippen molar-refractivity contribution in [1.82, 2.24) is 5.32 Å². The van der Waals surface area contributed by atoms with E-state index >= 15 is 0 Å². The van der Waals surface area contributed by atoms with Crippen LogP contribution in [0.4, 0.5) is 0 Å². The summed E-state index contributed by atoms with van der Waals surface area (Å²) in [7, 11) is 3.20. The van der Waals surface area contributed by atoms with Crippen LogP contribution in [0, 0.1) is 5.92 Å². The maximum atomic E-state index is 12.1. The summed E-state index contributed by atoms with van der Waals surface area (Å²) in [4.78, 5) is 16.6. The standard InChI is InChI=1S/C17H20N2O3/c1-21-13-8-7-12(15(10-13)22-2)9-14-17(20)19-16(18-14)11-5-3-4-6-11/h7-11H,3-6H2,1-2H3,(H,18,19,20)/b14-9+. The van der Waals surface area contributed by atoms with Gasteiger partial charge in [0.05, 0.1) is 14.2 Å². The first-order valence-electron chi connectivity index (χ1n) is 7.55. The van der Waals surface area contributed by atoms with Crippen LogP contribution in [0.5, 0.6) is 11.5 Å². The minimum absolute atomic E-state index is 0.139. The molecule has 1 fully saturated rings. The van der Waals surface area contributed by atoms with Crippen LogP contribution in [-0.2, 0) is 4.79 Å². The maximum Gasteiger partial charge on any atom is 0.275 e. The second kappa shape index (κ2) is 6.22. The fourth-order valence-corrected chi connectivity index (χ4v) is 2.96. The van der Waals surface area contributed by atoms with Crippen LogP contribution >= 0.6 is 0 Å². The Morgan fingerprint density at radius 1 is 1.23 bits per heavy atom. The molecule has 0 atom stereocenters. The van der Waals surface area contributed by atoms with Gasteiger partial charge in [0.25, 0.3) is 5.91 Å². The summed E-state index contributed by atoms with van der Waals surface area (Å²) in [6.07, 6.45) is 6.40. The number of methoxy groups -OCH3 is 2. The van der Waals surface area contributed by atoms with Crippen molar-refractivity contribution >= 4 is 17.8 Å². The molecular weight excluding hydrogens is 280 g/mol. The number of hydrogen-bond donors (Lipinski definition) is 1. The fraction of sp³-hybridized carbons (Fsp3) is 0.412. The van der Waals surface area contributed by atoms with Gasteiger partial charge < -0.3 is 14.8 Å². The van der Waals surface area contributed by atoms with Gasteiger partial charge in [-0.3, -0.25) is 4.79 Å². The molecule has 116 valence electrons. The Kier molecular flexibility index (Phi) is 4.13. The van der Waals surface area contributed by atoms with Crippen molar-refractivity contribution in [2.45, 2.75) is 25.7 Å². The lowest BCUT2D eigenvalue weighted by molar-refractivity contribution is -0.115. The van der Waals surface area contributed by atoms with Crippen LogP contribution in [0.2, 0.25) is 0 Å². The van der Waals surface area contributed by atoms with Gasteiger partial charge in [0.1, 0.15) is 23.0 Å². The number of nitrogens with one attached hydrogen (secondary N) is 1. The van der Waals surface area contributed by atoms with Crippen LogP contribution in [-0.4, -0.2) is 26.0 Å². The molecule has 1 aliphatic heterocycles. The van der Waals surface area contributed by atoms with E-state index in [2.05, 4.69) is 10.3 Å². The summed E-state index contributed by atoms with van der Waals surface area (Å²) < 4.78 is 10.5.